The number of nitrogens with one attached hydrogen (secondary N) is 1. The smallest absolute Gasteiger partial charge is 0.339 e. The number of hydrogen-bond acceptors (Lipinski definition) is 6. The highest BCUT2D eigenvalue weighted by atomic mass is 35.5. The van der Waals surface area contributed by atoms with Crippen LogP contribution in [0, 0.1) is 10.1 Å². The molecule has 0 saturated heterocycles. The van der Waals surface area contributed by atoms with E-state index in [-0.39, 0.29) is 16.4 Å². The minimum absolute atomic E-state index is 0.0168. The molecule has 3 N–H and O–H groups in total. The van der Waals surface area contributed by atoms with Crippen LogP contribution in [-0.4, -0.2) is 29.5 Å². The molecule has 0 amide bonds. The summed E-state index contributed by atoms with van der Waals surface area (Å²) in [5.41, 5.74) is -0.930. The van der Waals surface area contributed by atoms with Gasteiger partial charge in [-0.15, -0.1) is 0 Å². The van der Waals surface area contributed by atoms with Gasteiger partial charge in [0.1, 0.15) is 10.5 Å². The van der Waals surface area contributed by atoms with Gasteiger partial charge in [-0.1, -0.05) is 11.6 Å². The van der Waals surface area contributed by atoms with Crippen molar-refractivity contribution in [2.24, 2.45) is 0 Å². The molecule has 2 rings (SSSR count). The van der Waals surface area contributed by atoms with Gasteiger partial charge in [0.2, 0.25) is 0 Å². The Kier molecular flexibility index (Phi) is 4.62. The predicted octanol–water partition coefficient (Wildman–Crippen LogP) is 2.45. The monoisotopic (exact) mass is 372 g/mol. The molecule has 2 aromatic carbocycles. The van der Waals surface area contributed by atoms with Gasteiger partial charge in [0, 0.05) is 22.8 Å². The van der Waals surface area contributed by atoms with Gasteiger partial charge in [-0.25, -0.2) is 13.2 Å². The number of rotatable bonds is 5. The number of nitrogens with zero attached hydrogens (tertiary/aromatic N) is 1. The van der Waals surface area contributed by atoms with Crippen molar-refractivity contribution in [2.45, 2.75) is 4.90 Å². The maximum atomic E-state index is 12.3. The number of non-ortho nitro benzene ring substituents is 1. The number of carboxylic acid groups (broad SMARTS) is 1. The van der Waals surface area contributed by atoms with Crippen molar-refractivity contribution in [3.63, 3.8) is 0 Å². The van der Waals surface area contributed by atoms with Crippen molar-refractivity contribution < 1.29 is 28.3 Å². The Morgan fingerprint density at radius 2 is 1.79 bits per heavy atom. The number of phenols is 1. The van der Waals surface area contributed by atoms with Gasteiger partial charge < -0.3 is 10.2 Å². The van der Waals surface area contributed by atoms with Crippen LogP contribution < -0.4 is 4.72 Å². The zero-order valence-corrected chi connectivity index (χ0v) is 13.2. The number of aromatic hydroxyl groups is 1. The maximum absolute atomic E-state index is 12.3. The summed E-state index contributed by atoms with van der Waals surface area (Å²) in [6.07, 6.45) is 0. The summed E-state index contributed by atoms with van der Waals surface area (Å²) >= 11 is 5.69. The largest absolute Gasteiger partial charge is 0.506 e. The topological polar surface area (TPSA) is 147 Å². The van der Waals surface area contributed by atoms with E-state index in [2.05, 4.69) is 4.72 Å². The number of sulfonamides is 1. The fraction of sp³-hybridized carbons (Fsp3) is 0. The van der Waals surface area contributed by atoms with Gasteiger partial charge in [0.25, 0.3) is 15.7 Å². The number of hydrogen-bond donors (Lipinski definition) is 3. The molecule has 2 aromatic rings. The average molecular weight is 373 g/mol. The summed E-state index contributed by atoms with van der Waals surface area (Å²) in [7, 11) is -4.37. The van der Waals surface area contributed by atoms with Crippen molar-refractivity contribution >= 4 is 39.0 Å². The third-order valence-corrected chi connectivity index (χ3v) is 4.50. The summed E-state index contributed by atoms with van der Waals surface area (Å²) in [6, 6.07) is 6.25. The number of nitro groups is 1. The molecular weight excluding hydrogens is 364 g/mol. The normalized spacial score (nSPS) is 11.0. The number of aromatic carboxylic acids is 1. The first-order chi connectivity index (χ1) is 11.1. The molecule has 0 saturated carbocycles. The number of carboxylic acids is 1. The molecular formula is C13H9ClN2O7S. The van der Waals surface area contributed by atoms with Crippen molar-refractivity contribution in [1.82, 2.24) is 0 Å². The van der Waals surface area contributed by atoms with Crippen LogP contribution in [0.4, 0.5) is 11.4 Å². The maximum Gasteiger partial charge on any atom is 0.339 e. The highest BCUT2D eigenvalue weighted by molar-refractivity contribution is 7.92. The second-order valence-corrected chi connectivity index (χ2v) is 6.60. The highest BCUT2D eigenvalue weighted by Crippen LogP contribution is 2.32. The molecule has 0 bridgehead atoms. The van der Waals surface area contributed by atoms with Crippen LogP contribution in [0.25, 0.3) is 0 Å². The van der Waals surface area contributed by atoms with E-state index >= 15 is 0 Å². The molecule has 9 nitrogen and oxygen atoms in total. The molecule has 0 fully saturated rings. The molecule has 0 radical (unpaired) electrons. The minimum Gasteiger partial charge on any atom is -0.506 e. The molecule has 0 atom stereocenters. The second kappa shape index (κ2) is 6.34. The first kappa shape index (κ1) is 17.5. The highest BCUT2D eigenvalue weighted by Gasteiger charge is 2.25. The van der Waals surface area contributed by atoms with Crippen molar-refractivity contribution in [3.8, 4) is 5.75 Å². The fourth-order valence-electron chi connectivity index (χ4n) is 1.80. The van der Waals surface area contributed by atoms with Gasteiger partial charge in [-0.2, -0.15) is 0 Å². The Labute approximate surface area is 140 Å². The van der Waals surface area contributed by atoms with Crippen LogP contribution in [0.1, 0.15) is 10.4 Å². The van der Waals surface area contributed by atoms with Crippen LogP contribution in [0.5, 0.6) is 5.75 Å². The molecule has 0 aromatic heterocycles. The minimum atomic E-state index is -4.37. The Morgan fingerprint density at radius 3 is 2.29 bits per heavy atom. The van der Waals surface area contributed by atoms with Crippen molar-refractivity contribution in [2.75, 3.05) is 4.72 Å². The zero-order valence-electron chi connectivity index (χ0n) is 11.6. The molecule has 24 heavy (non-hydrogen) atoms. The van der Waals surface area contributed by atoms with E-state index in [1.807, 2.05) is 0 Å². The molecule has 0 aliphatic rings. The Balaban J connectivity index is 2.44. The third kappa shape index (κ3) is 3.55. The zero-order chi connectivity index (χ0) is 18.1. The van der Waals surface area contributed by atoms with Gasteiger partial charge in [0.15, 0.2) is 5.75 Å². The first-order valence-corrected chi connectivity index (χ1v) is 8.01. The number of halogens is 1. The van der Waals surface area contributed by atoms with Crippen molar-refractivity contribution in [3.05, 3.63) is 57.1 Å². The Morgan fingerprint density at radius 1 is 1.21 bits per heavy atom. The Hall–Kier alpha value is -2.85. The lowest BCUT2D eigenvalue weighted by molar-refractivity contribution is -0.384. The lowest BCUT2D eigenvalue weighted by Crippen LogP contribution is -2.14. The lowest BCUT2D eigenvalue weighted by Gasteiger charge is -2.11. The van der Waals surface area contributed by atoms with E-state index in [9.17, 15) is 28.4 Å². The fourth-order valence-corrected chi connectivity index (χ4v) is 3.29. The van der Waals surface area contributed by atoms with Gasteiger partial charge in [-0.3, -0.25) is 14.8 Å². The lowest BCUT2D eigenvalue weighted by atomic mass is 10.2. The average Bonchev–Trinajstić information content (AvgIpc) is 2.49. The van der Waals surface area contributed by atoms with E-state index in [0.29, 0.717) is 0 Å². The van der Waals surface area contributed by atoms with Crippen LogP contribution >= 0.6 is 11.6 Å². The quantitative estimate of drug-likeness (QED) is 0.539. The van der Waals surface area contributed by atoms with E-state index in [1.165, 1.54) is 0 Å². The van der Waals surface area contributed by atoms with Crippen LogP contribution in [0.3, 0.4) is 0 Å². The molecule has 0 aliphatic heterocycles. The summed E-state index contributed by atoms with van der Waals surface area (Å²) in [6.45, 7) is 0. The van der Waals surface area contributed by atoms with E-state index in [0.717, 1.165) is 36.4 Å². The van der Waals surface area contributed by atoms with Crippen LogP contribution in [-0.2, 0) is 10.0 Å². The molecule has 0 spiro atoms. The predicted molar refractivity (Wildman–Crippen MR) is 84.0 cm³/mol. The van der Waals surface area contributed by atoms with E-state index < -0.39 is 37.1 Å². The number of nitro benzene ring substituents is 1. The van der Waals surface area contributed by atoms with Gasteiger partial charge >= 0.3 is 5.97 Å². The van der Waals surface area contributed by atoms with Gasteiger partial charge in [-0.05, 0) is 24.3 Å². The summed E-state index contributed by atoms with van der Waals surface area (Å²) in [4.78, 5) is 20.2. The molecule has 11 heteroatoms. The molecule has 0 heterocycles. The van der Waals surface area contributed by atoms with Crippen molar-refractivity contribution in [1.29, 1.82) is 0 Å². The van der Waals surface area contributed by atoms with Crippen LogP contribution in [0.15, 0.2) is 41.3 Å². The van der Waals surface area contributed by atoms with Gasteiger partial charge in [0.05, 0.1) is 4.92 Å². The molecule has 0 aliphatic carbocycles. The van der Waals surface area contributed by atoms with E-state index in [4.69, 9.17) is 16.7 Å². The summed E-state index contributed by atoms with van der Waals surface area (Å²) < 4.78 is 26.7. The number of anilines is 1. The first-order valence-electron chi connectivity index (χ1n) is 6.15. The molecule has 0 unspecified atom stereocenters. The Bertz CT molecular complexity index is 926. The van der Waals surface area contributed by atoms with Crippen LogP contribution in [0.2, 0.25) is 5.02 Å². The number of benzene rings is 2. The summed E-state index contributed by atoms with van der Waals surface area (Å²) in [5, 5.41) is 29.2. The summed E-state index contributed by atoms with van der Waals surface area (Å²) in [5.74, 6) is -2.52. The third-order valence-electron chi connectivity index (χ3n) is 2.89. The molecule has 126 valence electrons. The second-order valence-electron chi connectivity index (χ2n) is 4.51. The number of carbonyl (C=O) groups is 1. The SMILES string of the molecule is O=C(O)c1cc(Cl)cc(S(=O)(=O)Nc2ccc([N+](=O)[O-])cc2)c1O. The standard InChI is InChI=1S/C13H9ClN2O7S/c14-7-5-10(13(18)19)12(17)11(6-7)24(22,23)15-8-1-3-9(4-2-8)16(20)21/h1-6,15,17H,(H,18,19). The van der Waals surface area contributed by atoms with E-state index in [1.54, 1.807) is 0 Å².